The van der Waals surface area contributed by atoms with E-state index in [1.807, 2.05) is 12.2 Å². The Morgan fingerprint density at radius 2 is 0.964 bits per heavy atom. The van der Waals surface area contributed by atoms with Crippen LogP contribution in [-0.4, -0.2) is 43.3 Å². The molecule has 0 fully saturated rings. The summed E-state index contributed by atoms with van der Waals surface area (Å²) >= 11 is 0. The second-order valence-corrected chi connectivity index (χ2v) is 15.7. The molecule has 2 atom stereocenters. The van der Waals surface area contributed by atoms with Crippen LogP contribution in [0.3, 0.4) is 0 Å². The van der Waals surface area contributed by atoms with Crippen LogP contribution in [0.15, 0.2) is 72.9 Å². The molecule has 0 spiro atoms. The number of allylic oxidation sites excluding steroid dienone is 12. The van der Waals surface area contributed by atoms with Crippen LogP contribution in [0.1, 0.15) is 181 Å². The molecule has 0 saturated heterocycles. The normalized spacial score (nSPS) is 14.0. The third-order valence-corrected chi connectivity index (χ3v) is 9.88. The molecule has 0 bridgehead atoms. The fourth-order valence-corrected chi connectivity index (χ4v) is 6.10. The fourth-order valence-electron chi connectivity index (χ4n) is 5.64. The molecule has 0 radical (unpaired) electrons. The summed E-state index contributed by atoms with van der Waals surface area (Å²) in [5.41, 5.74) is 0. The zero-order valence-electron chi connectivity index (χ0n) is 35.1. The Labute approximate surface area is 336 Å². The minimum Gasteiger partial charge on any atom is -0.462 e. The van der Waals surface area contributed by atoms with E-state index >= 15 is 0 Å². The first-order valence-electron chi connectivity index (χ1n) is 21.6. The number of carbonyl (C=O) groups excluding carboxylic acids is 2. The van der Waals surface area contributed by atoms with Crippen molar-refractivity contribution in [1.82, 2.24) is 0 Å². The molecule has 0 aromatic heterocycles. The van der Waals surface area contributed by atoms with Crippen molar-refractivity contribution in [2.24, 2.45) is 0 Å². The van der Waals surface area contributed by atoms with Gasteiger partial charge in [-0.2, -0.15) is 0 Å². The van der Waals surface area contributed by atoms with Gasteiger partial charge in [0, 0.05) is 20.0 Å². The first-order valence-corrected chi connectivity index (χ1v) is 23.1. The van der Waals surface area contributed by atoms with Crippen molar-refractivity contribution in [3.63, 3.8) is 0 Å². The highest BCUT2D eigenvalue weighted by Gasteiger charge is 2.24. The van der Waals surface area contributed by atoms with Gasteiger partial charge in [0.05, 0.1) is 6.61 Å². The van der Waals surface area contributed by atoms with E-state index in [2.05, 4.69) is 79.1 Å². The van der Waals surface area contributed by atoms with E-state index in [0.717, 1.165) is 58.5 Å². The van der Waals surface area contributed by atoms with E-state index in [9.17, 15) is 19.0 Å². The molecular formula is C46H79O8P. The molecule has 1 N–H and O–H groups in total. The summed E-state index contributed by atoms with van der Waals surface area (Å²) in [6.45, 7) is 3.69. The van der Waals surface area contributed by atoms with E-state index in [0.29, 0.717) is 6.42 Å². The van der Waals surface area contributed by atoms with Gasteiger partial charge in [0.1, 0.15) is 6.61 Å². The largest absolute Gasteiger partial charge is 0.472 e. The predicted octanol–water partition coefficient (Wildman–Crippen LogP) is 13.7. The number of carbonyl (C=O) groups is 2. The Morgan fingerprint density at radius 1 is 0.527 bits per heavy atom. The first-order chi connectivity index (χ1) is 26.8. The zero-order valence-corrected chi connectivity index (χ0v) is 36.0. The highest BCUT2D eigenvalue weighted by Crippen LogP contribution is 2.42. The van der Waals surface area contributed by atoms with Gasteiger partial charge in [-0.3, -0.25) is 18.6 Å². The van der Waals surface area contributed by atoms with Gasteiger partial charge in [-0.25, -0.2) is 4.57 Å². The summed E-state index contributed by atoms with van der Waals surface area (Å²) in [6, 6.07) is 0. The van der Waals surface area contributed by atoms with Gasteiger partial charge in [-0.15, -0.1) is 0 Å². The third kappa shape index (κ3) is 41.0. The van der Waals surface area contributed by atoms with E-state index in [4.69, 9.17) is 14.0 Å². The molecule has 55 heavy (non-hydrogen) atoms. The van der Waals surface area contributed by atoms with Gasteiger partial charge < -0.3 is 14.4 Å². The van der Waals surface area contributed by atoms with Crippen molar-refractivity contribution >= 4 is 19.8 Å². The second kappa shape index (κ2) is 41.1. The lowest BCUT2D eigenvalue weighted by molar-refractivity contribution is -0.161. The van der Waals surface area contributed by atoms with Gasteiger partial charge in [0.25, 0.3) is 0 Å². The standard InChI is InChI=1S/C46H79O8P/c1-4-6-8-10-12-14-16-18-19-20-21-22-23-24-25-26-27-29-30-32-34-36-38-40-45(47)52-42-44(43-53-55(49,50)51-3)54-46(48)41-39-37-35-33-31-28-17-15-13-11-9-7-5-2/h7,9,13,15-16,18,20-21,28,31,35,37,44H,4-6,8,10-12,14,17,19,22-27,29-30,32-34,36,38-43H2,1-3H3,(H,49,50)/b9-7-,15-13-,18-16-,21-20-,31-28-,37-35-. The molecule has 0 aliphatic carbocycles. The number of unbranched alkanes of at least 4 members (excludes halogenated alkanes) is 16. The number of phosphoric acid groups is 1. The molecule has 0 rings (SSSR count). The summed E-state index contributed by atoms with van der Waals surface area (Å²) in [6.07, 6.45) is 52.7. The minimum atomic E-state index is -4.28. The average molecular weight is 791 g/mol. The van der Waals surface area contributed by atoms with E-state index in [-0.39, 0.29) is 19.4 Å². The van der Waals surface area contributed by atoms with Crippen LogP contribution in [0.5, 0.6) is 0 Å². The van der Waals surface area contributed by atoms with Crippen molar-refractivity contribution in [1.29, 1.82) is 0 Å². The molecule has 0 amide bonds. The molecular weight excluding hydrogens is 711 g/mol. The van der Waals surface area contributed by atoms with Crippen LogP contribution >= 0.6 is 7.82 Å². The Bertz CT molecular complexity index is 1120. The maximum Gasteiger partial charge on any atom is 0.472 e. The van der Waals surface area contributed by atoms with Crippen LogP contribution in [0.4, 0.5) is 0 Å². The van der Waals surface area contributed by atoms with Crippen LogP contribution in [-0.2, 0) is 32.7 Å². The number of hydrogen-bond acceptors (Lipinski definition) is 7. The predicted molar refractivity (Wildman–Crippen MR) is 230 cm³/mol. The first kappa shape index (κ1) is 52.5. The Kier molecular flexibility index (Phi) is 39.3. The Hall–Kier alpha value is -2.51. The summed E-state index contributed by atoms with van der Waals surface area (Å²) in [4.78, 5) is 34.4. The van der Waals surface area contributed by atoms with Gasteiger partial charge in [0.15, 0.2) is 6.10 Å². The van der Waals surface area contributed by atoms with E-state index in [1.165, 1.54) is 96.3 Å². The van der Waals surface area contributed by atoms with Gasteiger partial charge >= 0.3 is 19.8 Å². The quantitative estimate of drug-likeness (QED) is 0.0284. The number of ether oxygens (including phenoxy) is 2. The third-order valence-electron chi connectivity index (χ3n) is 8.95. The molecule has 2 unspecified atom stereocenters. The lowest BCUT2D eigenvalue weighted by atomic mass is 10.0. The monoisotopic (exact) mass is 791 g/mol. The molecule has 0 aromatic rings. The minimum absolute atomic E-state index is 0.120. The maximum absolute atomic E-state index is 12.4. The fraction of sp³-hybridized carbons (Fsp3) is 0.696. The highest BCUT2D eigenvalue weighted by molar-refractivity contribution is 7.47. The van der Waals surface area contributed by atoms with Crippen LogP contribution in [0.2, 0.25) is 0 Å². The highest BCUT2D eigenvalue weighted by atomic mass is 31.2. The SMILES string of the molecule is CC/C=C\C/C=C\C/C=C\C/C=C\CCC(=O)OC(COC(=O)CCCCCCCCCCCCC/C=C\C/C=C\CCCCCCC)COP(=O)(O)OC. The topological polar surface area (TPSA) is 108 Å². The summed E-state index contributed by atoms with van der Waals surface area (Å²) in [5.74, 6) is -0.904. The molecule has 9 heteroatoms. The van der Waals surface area contributed by atoms with Gasteiger partial charge in [-0.05, 0) is 70.6 Å². The van der Waals surface area contributed by atoms with Crippen LogP contribution in [0, 0.1) is 0 Å². The second-order valence-electron chi connectivity index (χ2n) is 14.1. The molecule has 0 aromatic carbocycles. The summed E-state index contributed by atoms with van der Waals surface area (Å²) < 4.78 is 31.9. The van der Waals surface area contributed by atoms with E-state index < -0.39 is 32.5 Å². The number of esters is 2. The molecule has 316 valence electrons. The van der Waals surface area contributed by atoms with Crippen molar-refractivity contribution < 1.29 is 37.6 Å². The van der Waals surface area contributed by atoms with Crippen molar-refractivity contribution in [3.8, 4) is 0 Å². The van der Waals surface area contributed by atoms with Crippen LogP contribution < -0.4 is 0 Å². The van der Waals surface area contributed by atoms with Crippen LogP contribution in [0.25, 0.3) is 0 Å². The number of rotatable bonds is 39. The molecule has 0 aliphatic rings. The summed E-state index contributed by atoms with van der Waals surface area (Å²) in [7, 11) is -3.24. The average Bonchev–Trinajstić information content (AvgIpc) is 3.18. The zero-order chi connectivity index (χ0) is 40.3. The molecule has 0 saturated carbocycles. The lowest BCUT2D eigenvalue weighted by Gasteiger charge is -2.19. The van der Waals surface area contributed by atoms with Crippen molar-refractivity contribution in [2.75, 3.05) is 20.3 Å². The summed E-state index contributed by atoms with van der Waals surface area (Å²) in [5, 5.41) is 0. The lowest BCUT2D eigenvalue weighted by Crippen LogP contribution is -2.29. The molecule has 0 aliphatic heterocycles. The van der Waals surface area contributed by atoms with Crippen molar-refractivity contribution in [3.05, 3.63) is 72.9 Å². The maximum atomic E-state index is 12.4. The molecule has 8 nitrogen and oxygen atoms in total. The van der Waals surface area contributed by atoms with Gasteiger partial charge in [0.2, 0.25) is 0 Å². The van der Waals surface area contributed by atoms with Gasteiger partial charge in [-0.1, -0.05) is 170 Å². The Balaban J connectivity index is 4.00. The number of hydrogen-bond donors (Lipinski definition) is 1. The molecule has 0 heterocycles. The smallest absolute Gasteiger partial charge is 0.462 e. The Morgan fingerprint density at radius 3 is 1.45 bits per heavy atom. The number of phosphoric ester groups is 1. The van der Waals surface area contributed by atoms with Crippen molar-refractivity contribution in [2.45, 2.75) is 187 Å². The van der Waals surface area contributed by atoms with E-state index in [1.54, 1.807) is 0 Å².